The number of nitrogens with one attached hydrogen (secondary N) is 1. The lowest BCUT2D eigenvalue weighted by Gasteiger charge is -2.16. The van der Waals surface area contributed by atoms with E-state index in [1.807, 2.05) is 11.8 Å². The summed E-state index contributed by atoms with van der Waals surface area (Å²) >= 11 is 3.73. The van der Waals surface area contributed by atoms with Crippen molar-refractivity contribution in [3.63, 3.8) is 0 Å². The van der Waals surface area contributed by atoms with Gasteiger partial charge in [-0.05, 0) is 13.0 Å². The highest BCUT2D eigenvalue weighted by Gasteiger charge is 2.12. The van der Waals surface area contributed by atoms with Gasteiger partial charge in [-0.15, -0.1) is 23.1 Å². The summed E-state index contributed by atoms with van der Waals surface area (Å²) in [5, 5.41) is 6.79. The summed E-state index contributed by atoms with van der Waals surface area (Å²) in [6.07, 6.45) is 1.18. The summed E-state index contributed by atoms with van der Waals surface area (Å²) in [6, 6.07) is 0. The molecule has 0 atom stereocenters. The van der Waals surface area contributed by atoms with E-state index >= 15 is 0 Å². The Kier molecular flexibility index (Phi) is 5.79. The van der Waals surface area contributed by atoms with Gasteiger partial charge in [0.2, 0.25) is 0 Å². The Hall–Kier alpha value is -0.0600. The Bertz CT molecular complexity index is 302. The van der Waals surface area contributed by atoms with Crippen LogP contribution in [0.25, 0.3) is 0 Å². The predicted molar refractivity (Wildman–Crippen MR) is 75.2 cm³/mol. The van der Waals surface area contributed by atoms with Gasteiger partial charge in [0.05, 0.1) is 5.69 Å². The third kappa shape index (κ3) is 5.87. The molecule has 1 N–H and O–H groups in total. The minimum absolute atomic E-state index is 0.326. The van der Waals surface area contributed by atoms with Crippen LogP contribution in [0, 0.1) is 0 Å². The molecule has 0 bridgehead atoms. The zero-order valence-electron chi connectivity index (χ0n) is 10.7. The SMILES string of the molecule is CCCNCc1csc(CSC(C)(C)C)n1. The van der Waals surface area contributed by atoms with Crippen molar-refractivity contribution in [3.05, 3.63) is 16.1 Å². The Morgan fingerprint density at radius 3 is 2.81 bits per heavy atom. The van der Waals surface area contributed by atoms with Crippen LogP contribution in [-0.4, -0.2) is 16.3 Å². The molecule has 0 saturated heterocycles. The number of thiazole rings is 1. The molecule has 0 amide bonds. The van der Waals surface area contributed by atoms with Gasteiger partial charge in [-0.1, -0.05) is 27.7 Å². The van der Waals surface area contributed by atoms with Crippen LogP contribution in [0.5, 0.6) is 0 Å². The molecule has 0 aliphatic rings. The summed E-state index contributed by atoms with van der Waals surface area (Å²) in [5.41, 5.74) is 1.18. The van der Waals surface area contributed by atoms with Gasteiger partial charge in [-0.2, -0.15) is 0 Å². The molecule has 4 heteroatoms. The molecule has 0 spiro atoms. The third-order valence-electron chi connectivity index (χ3n) is 1.96. The smallest absolute Gasteiger partial charge is 0.103 e. The van der Waals surface area contributed by atoms with Gasteiger partial charge in [0, 0.05) is 22.4 Å². The second-order valence-electron chi connectivity index (χ2n) is 4.81. The quantitative estimate of drug-likeness (QED) is 0.788. The lowest BCUT2D eigenvalue weighted by Crippen LogP contribution is -2.14. The average Bonchev–Trinajstić information content (AvgIpc) is 2.62. The highest BCUT2D eigenvalue weighted by atomic mass is 32.2. The van der Waals surface area contributed by atoms with Crippen LogP contribution in [-0.2, 0) is 12.3 Å². The van der Waals surface area contributed by atoms with Crippen molar-refractivity contribution in [3.8, 4) is 0 Å². The van der Waals surface area contributed by atoms with E-state index in [1.54, 1.807) is 11.3 Å². The van der Waals surface area contributed by atoms with Crippen LogP contribution in [0.15, 0.2) is 5.38 Å². The molecule has 1 heterocycles. The summed E-state index contributed by atoms with van der Waals surface area (Å²) in [4.78, 5) is 4.62. The zero-order chi connectivity index (χ0) is 12.0. The molecule has 0 aliphatic carbocycles. The molecule has 92 valence electrons. The Morgan fingerprint density at radius 1 is 1.44 bits per heavy atom. The standard InChI is InChI=1S/C12H22N2S2/c1-5-6-13-7-10-8-15-11(14-10)9-16-12(2,3)4/h8,13H,5-7,9H2,1-4H3. The number of aromatic nitrogens is 1. The van der Waals surface area contributed by atoms with Gasteiger partial charge in [-0.3, -0.25) is 0 Å². The Morgan fingerprint density at radius 2 is 2.19 bits per heavy atom. The molecular formula is C12H22N2S2. The molecule has 0 aromatic carbocycles. The van der Waals surface area contributed by atoms with E-state index in [-0.39, 0.29) is 0 Å². The topological polar surface area (TPSA) is 24.9 Å². The number of rotatable bonds is 6. The molecule has 0 aliphatic heterocycles. The minimum Gasteiger partial charge on any atom is -0.311 e. The molecule has 0 radical (unpaired) electrons. The van der Waals surface area contributed by atoms with Crippen LogP contribution in [0.2, 0.25) is 0 Å². The maximum Gasteiger partial charge on any atom is 0.103 e. The first kappa shape index (κ1) is 14.0. The van der Waals surface area contributed by atoms with E-state index < -0.39 is 0 Å². The molecular weight excluding hydrogens is 236 g/mol. The minimum atomic E-state index is 0.326. The second-order valence-corrected chi connectivity index (χ2v) is 7.56. The first-order valence-corrected chi connectivity index (χ1v) is 7.66. The van der Waals surface area contributed by atoms with Crippen LogP contribution in [0.4, 0.5) is 0 Å². The van der Waals surface area contributed by atoms with Crippen LogP contribution >= 0.6 is 23.1 Å². The molecule has 0 saturated carbocycles. The highest BCUT2D eigenvalue weighted by molar-refractivity contribution is 7.99. The molecule has 1 rings (SSSR count). The number of hydrogen-bond donors (Lipinski definition) is 1. The van der Waals surface area contributed by atoms with Gasteiger partial charge >= 0.3 is 0 Å². The normalized spacial score (nSPS) is 12.0. The predicted octanol–water partition coefficient (Wildman–Crippen LogP) is 3.67. The van der Waals surface area contributed by atoms with Crippen molar-refractivity contribution in [1.29, 1.82) is 0 Å². The fourth-order valence-electron chi connectivity index (χ4n) is 1.17. The Labute approximate surface area is 107 Å². The van der Waals surface area contributed by atoms with Gasteiger partial charge in [-0.25, -0.2) is 4.98 Å². The van der Waals surface area contributed by atoms with Gasteiger partial charge in [0.25, 0.3) is 0 Å². The Balaban J connectivity index is 2.33. The average molecular weight is 258 g/mol. The molecule has 16 heavy (non-hydrogen) atoms. The number of hydrogen-bond acceptors (Lipinski definition) is 4. The van der Waals surface area contributed by atoms with Crippen molar-refractivity contribution < 1.29 is 0 Å². The van der Waals surface area contributed by atoms with Gasteiger partial charge < -0.3 is 5.32 Å². The van der Waals surface area contributed by atoms with Gasteiger partial charge in [0.1, 0.15) is 5.01 Å². The molecule has 0 unspecified atom stereocenters. The van der Waals surface area contributed by atoms with E-state index in [0.29, 0.717) is 4.75 Å². The molecule has 2 nitrogen and oxygen atoms in total. The molecule has 1 aromatic heterocycles. The molecule has 1 aromatic rings. The van der Waals surface area contributed by atoms with Crippen LogP contribution < -0.4 is 5.32 Å². The maximum absolute atomic E-state index is 4.62. The first-order chi connectivity index (χ1) is 7.51. The third-order valence-corrected chi connectivity index (χ3v) is 4.33. The fraction of sp³-hybridized carbons (Fsp3) is 0.750. The van der Waals surface area contributed by atoms with E-state index in [2.05, 4.69) is 43.4 Å². The van der Waals surface area contributed by atoms with E-state index in [4.69, 9.17) is 0 Å². The van der Waals surface area contributed by atoms with Crippen molar-refractivity contribution >= 4 is 23.1 Å². The maximum atomic E-state index is 4.62. The summed E-state index contributed by atoms with van der Waals surface area (Å²) < 4.78 is 0.326. The zero-order valence-corrected chi connectivity index (χ0v) is 12.3. The number of thioether (sulfide) groups is 1. The summed E-state index contributed by atoms with van der Waals surface area (Å²) in [6.45, 7) is 10.9. The van der Waals surface area contributed by atoms with E-state index in [1.165, 1.54) is 17.1 Å². The molecule has 0 fully saturated rings. The lowest BCUT2D eigenvalue weighted by molar-refractivity contribution is 0.666. The highest BCUT2D eigenvalue weighted by Crippen LogP contribution is 2.28. The summed E-state index contributed by atoms with van der Waals surface area (Å²) in [5.74, 6) is 1.03. The summed E-state index contributed by atoms with van der Waals surface area (Å²) in [7, 11) is 0. The van der Waals surface area contributed by atoms with E-state index in [9.17, 15) is 0 Å². The monoisotopic (exact) mass is 258 g/mol. The first-order valence-electron chi connectivity index (χ1n) is 5.79. The second kappa shape index (κ2) is 6.62. The van der Waals surface area contributed by atoms with Crippen molar-refractivity contribution in [2.45, 2.75) is 51.2 Å². The lowest BCUT2D eigenvalue weighted by atomic mass is 10.3. The number of nitrogens with zero attached hydrogens (tertiary/aromatic N) is 1. The van der Waals surface area contributed by atoms with Gasteiger partial charge in [0.15, 0.2) is 0 Å². The van der Waals surface area contributed by atoms with Crippen molar-refractivity contribution in [1.82, 2.24) is 10.3 Å². The van der Waals surface area contributed by atoms with Crippen molar-refractivity contribution in [2.24, 2.45) is 0 Å². The van der Waals surface area contributed by atoms with Crippen molar-refractivity contribution in [2.75, 3.05) is 6.54 Å². The van der Waals surface area contributed by atoms with Crippen LogP contribution in [0.1, 0.15) is 44.8 Å². The largest absolute Gasteiger partial charge is 0.311 e. The fourth-order valence-corrected chi connectivity index (χ4v) is 2.82. The van der Waals surface area contributed by atoms with E-state index in [0.717, 1.165) is 18.8 Å². The van der Waals surface area contributed by atoms with Crippen LogP contribution in [0.3, 0.4) is 0 Å².